The molecule has 1 amide bonds. The van der Waals surface area contributed by atoms with Gasteiger partial charge < -0.3 is 5.32 Å². The summed E-state index contributed by atoms with van der Waals surface area (Å²) in [6.45, 7) is 1.85. The summed E-state index contributed by atoms with van der Waals surface area (Å²) < 4.78 is 14.8. The average molecular weight is 296 g/mol. The zero-order chi connectivity index (χ0) is 15.5. The number of pyridine rings is 1. The van der Waals surface area contributed by atoms with E-state index in [4.69, 9.17) is 0 Å². The SMILES string of the molecule is Cc1c(NC(=O)c2ccnc(F)c2)cnn1-c1ccccc1. The zero-order valence-electron chi connectivity index (χ0n) is 11.8. The van der Waals surface area contributed by atoms with Crippen LogP contribution in [0, 0.1) is 12.9 Å². The number of carbonyl (C=O) groups excluding carboxylic acids is 1. The number of rotatable bonds is 3. The predicted octanol–water partition coefficient (Wildman–Crippen LogP) is 2.97. The number of aromatic nitrogens is 3. The van der Waals surface area contributed by atoms with Gasteiger partial charge >= 0.3 is 0 Å². The van der Waals surface area contributed by atoms with Gasteiger partial charge in [0.25, 0.3) is 5.91 Å². The number of benzene rings is 1. The van der Waals surface area contributed by atoms with Crippen molar-refractivity contribution < 1.29 is 9.18 Å². The fourth-order valence-electron chi connectivity index (χ4n) is 2.10. The molecule has 3 aromatic rings. The third-order valence-corrected chi connectivity index (χ3v) is 3.25. The minimum absolute atomic E-state index is 0.208. The first-order chi connectivity index (χ1) is 10.6. The summed E-state index contributed by atoms with van der Waals surface area (Å²) in [4.78, 5) is 15.5. The molecular weight excluding hydrogens is 283 g/mol. The number of anilines is 1. The summed E-state index contributed by atoms with van der Waals surface area (Å²) in [6.07, 6.45) is 2.82. The zero-order valence-corrected chi connectivity index (χ0v) is 11.8. The van der Waals surface area contributed by atoms with Gasteiger partial charge in [0.15, 0.2) is 0 Å². The Morgan fingerprint density at radius 1 is 1.23 bits per heavy atom. The van der Waals surface area contributed by atoms with Crippen LogP contribution in [-0.4, -0.2) is 20.7 Å². The van der Waals surface area contributed by atoms with Gasteiger partial charge in [-0.05, 0) is 25.1 Å². The first-order valence-corrected chi connectivity index (χ1v) is 6.68. The summed E-state index contributed by atoms with van der Waals surface area (Å²) in [7, 11) is 0. The standard InChI is InChI=1S/C16H13FN4O/c1-11-14(10-19-21(11)13-5-3-2-4-6-13)20-16(22)12-7-8-18-15(17)9-12/h2-10H,1H3,(H,20,22). The van der Waals surface area contributed by atoms with Crippen LogP contribution in [0.5, 0.6) is 0 Å². The Labute approximate surface area is 126 Å². The largest absolute Gasteiger partial charge is 0.319 e. The van der Waals surface area contributed by atoms with Gasteiger partial charge in [0.2, 0.25) is 5.95 Å². The number of halogens is 1. The van der Waals surface area contributed by atoms with Crippen molar-refractivity contribution in [2.75, 3.05) is 5.32 Å². The summed E-state index contributed by atoms with van der Waals surface area (Å²) in [5.74, 6) is -1.10. The van der Waals surface area contributed by atoms with Crippen molar-refractivity contribution in [3.05, 3.63) is 72.1 Å². The molecule has 0 atom stereocenters. The molecule has 6 heteroatoms. The molecule has 0 aliphatic heterocycles. The van der Waals surface area contributed by atoms with Crippen LogP contribution in [-0.2, 0) is 0 Å². The molecule has 110 valence electrons. The number of hydrogen-bond donors (Lipinski definition) is 1. The van der Waals surface area contributed by atoms with Crippen LogP contribution >= 0.6 is 0 Å². The maximum atomic E-state index is 13.1. The number of hydrogen-bond acceptors (Lipinski definition) is 3. The van der Waals surface area contributed by atoms with E-state index in [1.807, 2.05) is 37.3 Å². The summed E-state index contributed by atoms with van der Waals surface area (Å²) in [5.41, 5.74) is 2.47. The molecule has 1 aromatic carbocycles. The van der Waals surface area contributed by atoms with Gasteiger partial charge in [-0.3, -0.25) is 4.79 Å². The number of nitrogens with zero attached hydrogens (tertiary/aromatic N) is 3. The lowest BCUT2D eigenvalue weighted by Crippen LogP contribution is -2.13. The van der Waals surface area contributed by atoms with E-state index in [0.717, 1.165) is 17.4 Å². The van der Waals surface area contributed by atoms with Crippen molar-refractivity contribution in [2.45, 2.75) is 6.92 Å². The minimum atomic E-state index is -0.690. The van der Waals surface area contributed by atoms with Crippen LogP contribution in [0.15, 0.2) is 54.9 Å². The van der Waals surface area contributed by atoms with E-state index in [9.17, 15) is 9.18 Å². The van der Waals surface area contributed by atoms with Crippen molar-refractivity contribution >= 4 is 11.6 Å². The van der Waals surface area contributed by atoms with Gasteiger partial charge in [0.1, 0.15) is 0 Å². The lowest BCUT2D eigenvalue weighted by molar-refractivity contribution is 0.102. The van der Waals surface area contributed by atoms with Gasteiger partial charge in [-0.25, -0.2) is 9.67 Å². The van der Waals surface area contributed by atoms with E-state index < -0.39 is 11.9 Å². The Morgan fingerprint density at radius 2 is 2.00 bits per heavy atom. The van der Waals surface area contributed by atoms with Gasteiger partial charge in [0, 0.05) is 17.8 Å². The van der Waals surface area contributed by atoms with Gasteiger partial charge in [0.05, 0.1) is 23.3 Å². The van der Waals surface area contributed by atoms with E-state index in [1.54, 1.807) is 10.9 Å². The highest BCUT2D eigenvalue weighted by atomic mass is 19.1. The predicted molar refractivity (Wildman–Crippen MR) is 80.4 cm³/mol. The molecule has 0 unspecified atom stereocenters. The quantitative estimate of drug-likeness (QED) is 0.756. The van der Waals surface area contributed by atoms with E-state index >= 15 is 0 Å². The highest BCUT2D eigenvalue weighted by Crippen LogP contribution is 2.19. The van der Waals surface area contributed by atoms with E-state index in [-0.39, 0.29) is 5.56 Å². The molecule has 0 spiro atoms. The maximum Gasteiger partial charge on any atom is 0.255 e. The molecule has 0 fully saturated rings. The van der Waals surface area contributed by atoms with Crippen molar-refractivity contribution in [3.63, 3.8) is 0 Å². The highest BCUT2D eigenvalue weighted by Gasteiger charge is 2.12. The molecule has 0 aliphatic carbocycles. The van der Waals surface area contributed by atoms with Gasteiger partial charge in [-0.2, -0.15) is 9.49 Å². The molecule has 0 aliphatic rings. The van der Waals surface area contributed by atoms with Crippen molar-refractivity contribution in [3.8, 4) is 5.69 Å². The number of amides is 1. The van der Waals surface area contributed by atoms with Crippen LogP contribution in [0.4, 0.5) is 10.1 Å². The number of carbonyl (C=O) groups is 1. The third-order valence-electron chi connectivity index (χ3n) is 3.25. The van der Waals surface area contributed by atoms with Crippen LogP contribution < -0.4 is 5.32 Å². The van der Waals surface area contributed by atoms with Crippen molar-refractivity contribution in [1.29, 1.82) is 0 Å². The lowest BCUT2D eigenvalue weighted by Gasteiger charge is -2.06. The second-order valence-corrected chi connectivity index (χ2v) is 4.71. The normalized spacial score (nSPS) is 10.5. The fraction of sp³-hybridized carbons (Fsp3) is 0.0625. The molecule has 22 heavy (non-hydrogen) atoms. The molecule has 0 saturated carbocycles. The summed E-state index contributed by atoms with van der Waals surface area (Å²) >= 11 is 0. The smallest absolute Gasteiger partial charge is 0.255 e. The minimum Gasteiger partial charge on any atom is -0.319 e. The molecule has 0 saturated heterocycles. The second-order valence-electron chi connectivity index (χ2n) is 4.71. The Hall–Kier alpha value is -3.02. The average Bonchev–Trinajstić information content (AvgIpc) is 2.89. The number of para-hydroxylation sites is 1. The van der Waals surface area contributed by atoms with Crippen molar-refractivity contribution in [1.82, 2.24) is 14.8 Å². The van der Waals surface area contributed by atoms with Crippen LogP contribution in [0.25, 0.3) is 5.69 Å². The third kappa shape index (κ3) is 2.71. The lowest BCUT2D eigenvalue weighted by atomic mass is 10.2. The topological polar surface area (TPSA) is 59.8 Å². The van der Waals surface area contributed by atoms with Crippen molar-refractivity contribution in [2.24, 2.45) is 0 Å². The highest BCUT2D eigenvalue weighted by molar-refractivity contribution is 6.04. The van der Waals surface area contributed by atoms with Gasteiger partial charge in [-0.15, -0.1) is 0 Å². The molecule has 3 rings (SSSR count). The fourth-order valence-corrected chi connectivity index (χ4v) is 2.10. The Kier molecular flexibility index (Phi) is 3.65. The molecule has 0 bridgehead atoms. The maximum absolute atomic E-state index is 13.1. The molecular formula is C16H13FN4O. The monoisotopic (exact) mass is 296 g/mol. The number of nitrogens with one attached hydrogen (secondary N) is 1. The molecule has 0 radical (unpaired) electrons. The first-order valence-electron chi connectivity index (χ1n) is 6.68. The van der Waals surface area contributed by atoms with Crippen LogP contribution in [0.3, 0.4) is 0 Å². The Morgan fingerprint density at radius 3 is 2.73 bits per heavy atom. The van der Waals surface area contributed by atoms with E-state index in [0.29, 0.717) is 5.69 Å². The van der Waals surface area contributed by atoms with E-state index in [1.165, 1.54) is 12.3 Å². The molecule has 2 aromatic heterocycles. The first kappa shape index (κ1) is 13.9. The molecule has 1 N–H and O–H groups in total. The Balaban J connectivity index is 1.85. The summed E-state index contributed by atoms with van der Waals surface area (Å²) in [5, 5.41) is 6.99. The molecule has 5 nitrogen and oxygen atoms in total. The Bertz CT molecular complexity index is 814. The molecule has 2 heterocycles. The van der Waals surface area contributed by atoms with Gasteiger partial charge in [-0.1, -0.05) is 18.2 Å². The summed E-state index contributed by atoms with van der Waals surface area (Å²) in [6, 6.07) is 12.1. The van der Waals surface area contributed by atoms with Crippen LogP contribution in [0.1, 0.15) is 16.1 Å². The van der Waals surface area contributed by atoms with E-state index in [2.05, 4.69) is 15.4 Å². The second kappa shape index (κ2) is 5.77. The van der Waals surface area contributed by atoms with Crippen LogP contribution in [0.2, 0.25) is 0 Å².